The molecule has 0 aromatic carbocycles. The lowest BCUT2D eigenvalue weighted by molar-refractivity contribution is 0.328. The van der Waals surface area contributed by atoms with Crippen LogP contribution in [0.1, 0.15) is 73.6 Å². The second kappa shape index (κ2) is 10.1. The van der Waals surface area contributed by atoms with Gasteiger partial charge in [-0.3, -0.25) is 0 Å². The van der Waals surface area contributed by atoms with E-state index >= 15 is 0 Å². The standard InChI is InChI=1S/C10H20.C2H6.CH4/c1-3-10-8-6-4-5-7-9(10)2;1-2;/h9-10H,3-8H2,1-2H3;1-2H3;1H4. The fourth-order valence-corrected chi connectivity index (χ4v) is 2.18. The zero-order chi connectivity index (χ0) is 9.40. The first-order chi connectivity index (χ1) is 5.84. The molecule has 1 saturated carbocycles. The largest absolute Gasteiger partial charge is 0.0776 e. The highest BCUT2D eigenvalue weighted by atomic mass is 14.2. The van der Waals surface area contributed by atoms with Crippen molar-refractivity contribution in [1.29, 1.82) is 0 Å². The first-order valence-corrected chi connectivity index (χ1v) is 5.84. The summed E-state index contributed by atoms with van der Waals surface area (Å²) in [6.07, 6.45) is 8.85. The predicted octanol–water partition coefficient (Wildman–Crippen LogP) is 5.28. The van der Waals surface area contributed by atoms with Crippen LogP contribution < -0.4 is 0 Å². The van der Waals surface area contributed by atoms with Gasteiger partial charge in [0.15, 0.2) is 0 Å². The molecule has 0 N–H and O–H groups in total. The Morgan fingerprint density at radius 1 is 1.00 bits per heavy atom. The molecule has 0 aromatic heterocycles. The molecule has 0 spiro atoms. The van der Waals surface area contributed by atoms with Gasteiger partial charge >= 0.3 is 0 Å². The number of rotatable bonds is 1. The number of hydrogen-bond acceptors (Lipinski definition) is 0. The van der Waals surface area contributed by atoms with Crippen LogP contribution in [-0.2, 0) is 0 Å². The summed E-state index contributed by atoms with van der Waals surface area (Å²) >= 11 is 0. The van der Waals surface area contributed by atoms with Crippen molar-refractivity contribution in [3.63, 3.8) is 0 Å². The van der Waals surface area contributed by atoms with Crippen molar-refractivity contribution in [2.75, 3.05) is 0 Å². The van der Waals surface area contributed by atoms with E-state index in [1.54, 1.807) is 0 Å². The van der Waals surface area contributed by atoms with Gasteiger partial charge in [0.25, 0.3) is 0 Å². The van der Waals surface area contributed by atoms with Gasteiger partial charge in [-0.2, -0.15) is 0 Å². The molecule has 0 heterocycles. The van der Waals surface area contributed by atoms with Crippen LogP contribution in [0.3, 0.4) is 0 Å². The molecule has 0 nitrogen and oxygen atoms in total. The fraction of sp³-hybridized carbons (Fsp3) is 1.00. The second-order valence-corrected chi connectivity index (χ2v) is 3.78. The third kappa shape index (κ3) is 6.12. The minimum atomic E-state index is 0. The quantitative estimate of drug-likeness (QED) is 0.489. The third-order valence-corrected chi connectivity index (χ3v) is 3.06. The average molecular weight is 186 g/mol. The highest BCUT2D eigenvalue weighted by Gasteiger charge is 2.17. The third-order valence-electron chi connectivity index (χ3n) is 3.06. The Balaban J connectivity index is 0. The van der Waals surface area contributed by atoms with E-state index in [2.05, 4.69) is 13.8 Å². The van der Waals surface area contributed by atoms with E-state index in [1.165, 1.54) is 38.5 Å². The molecule has 1 aliphatic rings. The van der Waals surface area contributed by atoms with Crippen molar-refractivity contribution in [3.8, 4) is 0 Å². The van der Waals surface area contributed by atoms with Gasteiger partial charge in [-0.1, -0.05) is 73.6 Å². The Labute approximate surface area is 86.1 Å². The maximum Gasteiger partial charge on any atom is -0.0391 e. The highest BCUT2D eigenvalue weighted by molar-refractivity contribution is 4.69. The van der Waals surface area contributed by atoms with E-state index in [1.807, 2.05) is 13.8 Å². The second-order valence-electron chi connectivity index (χ2n) is 3.78. The fourth-order valence-electron chi connectivity index (χ4n) is 2.18. The Kier molecular flexibility index (Phi) is 12.0. The zero-order valence-electron chi connectivity index (χ0n) is 9.40. The summed E-state index contributed by atoms with van der Waals surface area (Å²) in [5.74, 6) is 2.05. The van der Waals surface area contributed by atoms with Gasteiger partial charge in [0, 0.05) is 0 Å². The van der Waals surface area contributed by atoms with Crippen LogP contribution in [0.5, 0.6) is 0 Å². The van der Waals surface area contributed by atoms with E-state index < -0.39 is 0 Å². The summed E-state index contributed by atoms with van der Waals surface area (Å²) in [6.45, 7) is 8.77. The van der Waals surface area contributed by atoms with Crippen molar-refractivity contribution in [2.24, 2.45) is 11.8 Å². The first kappa shape index (κ1) is 15.5. The maximum absolute atomic E-state index is 2.43. The summed E-state index contributed by atoms with van der Waals surface area (Å²) < 4.78 is 0. The monoisotopic (exact) mass is 186 g/mol. The van der Waals surface area contributed by atoms with E-state index in [-0.39, 0.29) is 7.43 Å². The molecule has 0 radical (unpaired) electrons. The van der Waals surface area contributed by atoms with E-state index in [9.17, 15) is 0 Å². The van der Waals surface area contributed by atoms with Crippen LogP contribution in [0.4, 0.5) is 0 Å². The summed E-state index contributed by atoms with van der Waals surface area (Å²) in [4.78, 5) is 0. The first-order valence-electron chi connectivity index (χ1n) is 5.84. The van der Waals surface area contributed by atoms with Crippen LogP contribution in [0.15, 0.2) is 0 Å². The summed E-state index contributed by atoms with van der Waals surface area (Å²) in [5, 5.41) is 0. The Morgan fingerprint density at radius 3 is 2.08 bits per heavy atom. The topological polar surface area (TPSA) is 0 Å². The van der Waals surface area contributed by atoms with Gasteiger partial charge < -0.3 is 0 Å². The van der Waals surface area contributed by atoms with Crippen LogP contribution in [0.2, 0.25) is 0 Å². The smallest absolute Gasteiger partial charge is 0.0391 e. The van der Waals surface area contributed by atoms with Crippen LogP contribution >= 0.6 is 0 Å². The minimum Gasteiger partial charge on any atom is -0.0776 e. The Bertz CT molecular complexity index is 86.0. The predicted molar refractivity (Wildman–Crippen MR) is 64.1 cm³/mol. The van der Waals surface area contributed by atoms with E-state index in [4.69, 9.17) is 0 Å². The van der Waals surface area contributed by atoms with E-state index in [0.29, 0.717) is 0 Å². The van der Waals surface area contributed by atoms with Gasteiger partial charge in [-0.15, -0.1) is 0 Å². The minimum absolute atomic E-state index is 0. The molecule has 2 unspecified atom stereocenters. The number of hydrogen-bond donors (Lipinski definition) is 0. The zero-order valence-corrected chi connectivity index (χ0v) is 9.40. The molecule has 2 atom stereocenters. The molecule has 13 heavy (non-hydrogen) atoms. The molecule has 0 aromatic rings. The van der Waals surface area contributed by atoms with E-state index in [0.717, 1.165) is 11.8 Å². The van der Waals surface area contributed by atoms with Gasteiger partial charge in [-0.05, 0) is 11.8 Å². The molecule has 0 bridgehead atoms. The summed E-state index contributed by atoms with van der Waals surface area (Å²) in [5.41, 5.74) is 0. The molecule has 0 amide bonds. The van der Waals surface area contributed by atoms with Gasteiger partial charge in [-0.25, -0.2) is 0 Å². The average Bonchev–Trinajstić information content (AvgIpc) is 2.33. The SMILES string of the molecule is C.CC.CCC1CCCCCC1C. The Morgan fingerprint density at radius 2 is 1.54 bits per heavy atom. The lowest BCUT2D eigenvalue weighted by Crippen LogP contribution is -2.07. The van der Waals surface area contributed by atoms with Crippen molar-refractivity contribution >= 4 is 0 Å². The van der Waals surface area contributed by atoms with Crippen LogP contribution in [0, 0.1) is 11.8 Å². The van der Waals surface area contributed by atoms with Crippen molar-refractivity contribution in [3.05, 3.63) is 0 Å². The van der Waals surface area contributed by atoms with Crippen molar-refractivity contribution in [2.45, 2.75) is 73.6 Å². The lowest BCUT2D eigenvalue weighted by atomic mass is 9.88. The Hall–Kier alpha value is 0. The lowest BCUT2D eigenvalue weighted by Gasteiger charge is -2.18. The molecule has 82 valence electrons. The van der Waals surface area contributed by atoms with Gasteiger partial charge in [0.2, 0.25) is 0 Å². The molecule has 1 aliphatic carbocycles. The molecule has 0 saturated heterocycles. The maximum atomic E-state index is 2.43. The van der Waals surface area contributed by atoms with Gasteiger partial charge in [0.05, 0.1) is 0 Å². The molecular formula is C13H30. The van der Waals surface area contributed by atoms with Gasteiger partial charge in [0.1, 0.15) is 0 Å². The molecular weight excluding hydrogens is 156 g/mol. The molecule has 0 aliphatic heterocycles. The molecule has 0 heteroatoms. The van der Waals surface area contributed by atoms with Crippen LogP contribution in [-0.4, -0.2) is 0 Å². The van der Waals surface area contributed by atoms with Crippen molar-refractivity contribution in [1.82, 2.24) is 0 Å². The van der Waals surface area contributed by atoms with Crippen LogP contribution in [0.25, 0.3) is 0 Å². The molecule has 1 rings (SSSR count). The molecule has 1 fully saturated rings. The highest BCUT2D eigenvalue weighted by Crippen LogP contribution is 2.30. The summed E-state index contributed by atoms with van der Waals surface area (Å²) in [6, 6.07) is 0. The summed E-state index contributed by atoms with van der Waals surface area (Å²) in [7, 11) is 0. The normalized spacial score (nSPS) is 27.7. The van der Waals surface area contributed by atoms with Crippen molar-refractivity contribution < 1.29 is 0 Å².